The molecule has 0 unspecified atom stereocenters. The summed E-state index contributed by atoms with van der Waals surface area (Å²) < 4.78 is 27.2. The van der Waals surface area contributed by atoms with Crippen molar-refractivity contribution >= 4 is 44.6 Å². The highest BCUT2D eigenvalue weighted by Crippen LogP contribution is 2.20. The second kappa shape index (κ2) is 8.29. The van der Waals surface area contributed by atoms with Gasteiger partial charge >= 0.3 is 0 Å². The van der Waals surface area contributed by atoms with Crippen LogP contribution in [0.15, 0.2) is 77.7 Å². The minimum Gasteiger partial charge on any atom is -0.322 e. The second-order valence-electron chi connectivity index (χ2n) is 5.89. The van der Waals surface area contributed by atoms with E-state index >= 15 is 0 Å². The van der Waals surface area contributed by atoms with Crippen molar-refractivity contribution in [2.45, 2.75) is 4.90 Å². The Hall–Kier alpha value is -3.43. The number of carbonyl (C=O) groups excluding carboxylic acids is 1. The third-order valence-electron chi connectivity index (χ3n) is 3.86. The van der Waals surface area contributed by atoms with Crippen LogP contribution >= 0.6 is 11.6 Å². The number of nitro groups is 1. The Labute approximate surface area is 171 Å². The number of nitrogens with one attached hydrogen (secondary N) is 2. The second-order valence-corrected chi connectivity index (χ2v) is 8.01. The maximum Gasteiger partial charge on any atom is 0.269 e. The summed E-state index contributed by atoms with van der Waals surface area (Å²) >= 11 is 5.77. The molecule has 0 aliphatic carbocycles. The zero-order valence-electron chi connectivity index (χ0n) is 14.7. The van der Waals surface area contributed by atoms with Gasteiger partial charge < -0.3 is 5.32 Å². The van der Waals surface area contributed by atoms with Crippen LogP contribution in [-0.2, 0) is 10.0 Å². The molecule has 0 atom stereocenters. The topological polar surface area (TPSA) is 118 Å². The van der Waals surface area contributed by atoms with E-state index in [1.165, 1.54) is 72.8 Å². The largest absolute Gasteiger partial charge is 0.322 e. The van der Waals surface area contributed by atoms with E-state index in [0.717, 1.165) is 0 Å². The van der Waals surface area contributed by atoms with E-state index in [2.05, 4.69) is 10.0 Å². The SMILES string of the molecule is O=C(Nc1ccc([N+](=O)[O-])cc1)c1ccc(NS(=O)(=O)c2ccc(Cl)cc2)cc1. The molecular formula is C19H14ClN3O5S. The number of halogens is 1. The van der Waals surface area contributed by atoms with Crippen LogP contribution in [0.1, 0.15) is 10.4 Å². The molecule has 0 saturated heterocycles. The molecular weight excluding hydrogens is 418 g/mol. The number of anilines is 2. The molecule has 3 aromatic carbocycles. The first-order chi connectivity index (χ1) is 13.7. The molecule has 0 saturated carbocycles. The van der Waals surface area contributed by atoms with Crippen molar-refractivity contribution in [1.29, 1.82) is 0 Å². The fourth-order valence-corrected chi connectivity index (χ4v) is 3.57. The molecule has 1 amide bonds. The van der Waals surface area contributed by atoms with Gasteiger partial charge in [0.2, 0.25) is 0 Å². The van der Waals surface area contributed by atoms with E-state index in [9.17, 15) is 23.3 Å². The molecule has 0 bridgehead atoms. The highest BCUT2D eigenvalue weighted by molar-refractivity contribution is 7.92. The van der Waals surface area contributed by atoms with Crippen molar-refractivity contribution in [2.24, 2.45) is 0 Å². The minimum absolute atomic E-state index is 0.0573. The smallest absolute Gasteiger partial charge is 0.269 e. The summed E-state index contributed by atoms with van der Waals surface area (Å²) in [7, 11) is -3.79. The molecule has 0 aromatic heterocycles. The summed E-state index contributed by atoms with van der Waals surface area (Å²) in [4.78, 5) is 22.5. The average molecular weight is 432 g/mol. The lowest BCUT2D eigenvalue weighted by atomic mass is 10.2. The lowest BCUT2D eigenvalue weighted by Crippen LogP contribution is -2.14. The van der Waals surface area contributed by atoms with Crippen molar-refractivity contribution in [3.05, 3.63) is 93.5 Å². The van der Waals surface area contributed by atoms with E-state index in [1.807, 2.05) is 0 Å². The van der Waals surface area contributed by atoms with Crippen LogP contribution in [-0.4, -0.2) is 19.2 Å². The van der Waals surface area contributed by atoms with Gasteiger partial charge in [0.15, 0.2) is 0 Å². The summed E-state index contributed by atoms with van der Waals surface area (Å²) in [6.45, 7) is 0. The van der Waals surface area contributed by atoms with E-state index in [1.54, 1.807) is 0 Å². The Morgan fingerprint density at radius 2 is 1.41 bits per heavy atom. The number of non-ortho nitro benzene ring substituents is 1. The molecule has 0 radical (unpaired) electrons. The number of nitro benzene ring substituents is 1. The number of rotatable bonds is 6. The molecule has 148 valence electrons. The van der Waals surface area contributed by atoms with Crippen LogP contribution in [0.4, 0.5) is 17.1 Å². The summed E-state index contributed by atoms with van der Waals surface area (Å²) in [6, 6.07) is 17.0. The summed E-state index contributed by atoms with van der Waals surface area (Å²) in [5.41, 5.74) is 0.887. The zero-order chi connectivity index (χ0) is 21.0. The van der Waals surface area contributed by atoms with Gasteiger partial charge in [-0.15, -0.1) is 0 Å². The molecule has 29 heavy (non-hydrogen) atoms. The molecule has 2 N–H and O–H groups in total. The van der Waals surface area contributed by atoms with Gasteiger partial charge in [0.25, 0.3) is 21.6 Å². The third-order valence-corrected chi connectivity index (χ3v) is 5.51. The third kappa shape index (κ3) is 5.09. The number of benzene rings is 3. The fourth-order valence-electron chi connectivity index (χ4n) is 2.39. The number of sulfonamides is 1. The average Bonchev–Trinajstić information content (AvgIpc) is 2.69. The fraction of sp³-hybridized carbons (Fsp3) is 0. The normalized spacial score (nSPS) is 10.9. The first-order valence-electron chi connectivity index (χ1n) is 8.19. The summed E-state index contributed by atoms with van der Waals surface area (Å²) in [6.07, 6.45) is 0. The van der Waals surface area contributed by atoms with E-state index in [0.29, 0.717) is 10.7 Å². The van der Waals surface area contributed by atoms with Crippen molar-refractivity contribution in [1.82, 2.24) is 0 Å². The predicted octanol–water partition coefficient (Wildman–Crippen LogP) is 4.30. The van der Waals surface area contributed by atoms with Crippen LogP contribution in [0.5, 0.6) is 0 Å². The molecule has 0 aliphatic rings. The molecule has 3 aromatic rings. The molecule has 10 heteroatoms. The van der Waals surface area contributed by atoms with E-state index in [-0.39, 0.29) is 21.8 Å². The Kier molecular flexibility index (Phi) is 5.81. The standard InChI is InChI=1S/C19H14ClN3O5S/c20-14-3-11-18(12-4-14)29(27,28)22-16-5-1-13(2-6-16)19(24)21-15-7-9-17(10-8-15)23(25)26/h1-12,22H,(H,21,24). The highest BCUT2D eigenvalue weighted by Gasteiger charge is 2.14. The highest BCUT2D eigenvalue weighted by atomic mass is 35.5. The maximum atomic E-state index is 12.4. The number of carbonyl (C=O) groups is 1. The Morgan fingerprint density at radius 1 is 0.862 bits per heavy atom. The van der Waals surface area contributed by atoms with Crippen LogP contribution in [0.25, 0.3) is 0 Å². The number of hydrogen-bond acceptors (Lipinski definition) is 5. The summed E-state index contributed by atoms with van der Waals surface area (Å²) in [5.74, 6) is -0.439. The molecule has 0 spiro atoms. The van der Waals surface area contributed by atoms with Crippen molar-refractivity contribution in [3.8, 4) is 0 Å². The number of hydrogen-bond donors (Lipinski definition) is 2. The molecule has 8 nitrogen and oxygen atoms in total. The predicted molar refractivity (Wildman–Crippen MR) is 110 cm³/mol. The molecule has 0 fully saturated rings. The van der Waals surface area contributed by atoms with Gasteiger partial charge in [-0.3, -0.25) is 19.6 Å². The van der Waals surface area contributed by atoms with Gasteiger partial charge in [-0.25, -0.2) is 8.42 Å². The molecule has 0 heterocycles. The number of nitrogens with zero attached hydrogens (tertiary/aromatic N) is 1. The van der Waals surface area contributed by atoms with Gasteiger partial charge in [-0.05, 0) is 60.7 Å². The zero-order valence-corrected chi connectivity index (χ0v) is 16.3. The monoisotopic (exact) mass is 431 g/mol. The van der Waals surface area contributed by atoms with Crippen LogP contribution in [0.3, 0.4) is 0 Å². The lowest BCUT2D eigenvalue weighted by Gasteiger charge is -2.09. The molecule has 3 rings (SSSR count). The van der Waals surface area contributed by atoms with Crippen LogP contribution in [0, 0.1) is 10.1 Å². The Bertz CT molecular complexity index is 1150. The van der Waals surface area contributed by atoms with Gasteiger partial charge in [-0.2, -0.15) is 0 Å². The van der Waals surface area contributed by atoms with Crippen LogP contribution < -0.4 is 10.0 Å². The van der Waals surface area contributed by atoms with E-state index in [4.69, 9.17) is 11.6 Å². The number of amides is 1. The quantitative estimate of drug-likeness (QED) is 0.445. The van der Waals surface area contributed by atoms with Gasteiger partial charge in [0.05, 0.1) is 9.82 Å². The molecule has 0 aliphatic heterocycles. The van der Waals surface area contributed by atoms with Gasteiger partial charge in [0, 0.05) is 34.1 Å². The maximum absolute atomic E-state index is 12.4. The first kappa shape index (κ1) is 20.3. The van der Waals surface area contributed by atoms with Crippen molar-refractivity contribution < 1.29 is 18.1 Å². The Morgan fingerprint density at radius 3 is 1.97 bits per heavy atom. The Balaban J connectivity index is 1.68. The minimum atomic E-state index is -3.79. The van der Waals surface area contributed by atoms with Crippen molar-refractivity contribution in [3.63, 3.8) is 0 Å². The van der Waals surface area contributed by atoms with Gasteiger partial charge in [-0.1, -0.05) is 11.6 Å². The lowest BCUT2D eigenvalue weighted by molar-refractivity contribution is -0.384. The van der Waals surface area contributed by atoms with Crippen LogP contribution in [0.2, 0.25) is 5.02 Å². The van der Waals surface area contributed by atoms with Crippen molar-refractivity contribution in [2.75, 3.05) is 10.0 Å². The van der Waals surface area contributed by atoms with Gasteiger partial charge in [0.1, 0.15) is 0 Å². The first-order valence-corrected chi connectivity index (χ1v) is 10.0. The summed E-state index contributed by atoms with van der Waals surface area (Å²) in [5, 5.41) is 13.7. The van der Waals surface area contributed by atoms with E-state index < -0.39 is 20.9 Å².